The average Bonchev–Trinajstić information content (AvgIpc) is 2.82. The summed E-state index contributed by atoms with van der Waals surface area (Å²) in [7, 11) is 1.86. The summed E-state index contributed by atoms with van der Waals surface area (Å²) >= 11 is 0. The molecule has 1 fully saturated rings. The number of hydrogen-bond acceptors (Lipinski definition) is 2. The van der Waals surface area contributed by atoms with E-state index >= 15 is 0 Å². The first-order valence-electron chi connectivity index (χ1n) is 5.04. The molecular formula is C10H20N2O. The van der Waals surface area contributed by atoms with Crippen LogP contribution in [0.1, 0.15) is 33.1 Å². The molecule has 0 saturated heterocycles. The molecule has 1 rings (SSSR count). The highest BCUT2D eigenvalue weighted by Gasteiger charge is 2.31. The summed E-state index contributed by atoms with van der Waals surface area (Å²) in [4.78, 5) is 13.5. The number of carbonyl (C=O) groups excluding carboxylic acids is 1. The summed E-state index contributed by atoms with van der Waals surface area (Å²) in [6.07, 6.45) is 3.09. The molecule has 2 N–H and O–H groups in total. The van der Waals surface area contributed by atoms with Crippen molar-refractivity contribution in [3.8, 4) is 0 Å². The molecule has 0 radical (unpaired) electrons. The monoisotopic (exact) mass is 184 g/mol. The summed E-state index contributed by atoms with van der Waals surface area (Å²) < 4.78 is 0. The maximum absolute atomic E-state index is 11.7. The molecule has 0 heterocycles. The van der Waals surface area contributed by atoms with Gasteiger partial charge in [0, 0.05) is 13.1 Å². The van der Waals surface area contributed by atoms with Gasteiger partial charge >= 0.3 is 0 Å². The zero-order chi connectivity index (χ0) is 10.0. The van der Waals surface area contributed by atoms with E-state index in [2.05, 4.69) is 13.8 Å². The van der Waals surface area contributed by atoms with Crippen molar-refractivity contribution in [2.75, 3.05) is 7.05 Å². The Balaban J connectivity index is 2.36. The molecule has 1 saturated carbocycles. The molecule has 3 nitrogen and oxygen atoms in total. The molecule has 13 heavy (non-hydrogen) atoms. The van der Waals surface area contributed by atoms with Gasteiger partial charge in [0.1, 0.15) is 0 Å². The van der Waals surface area contributed by atoms with Gasteiger partial charge in [-0.2, -0.15) is 0 Å². The number of likely N-dealkylation sites (N-methyl/N-ethyl adjacent to an activating group) is 1. The fourth-order valence-electron chi connectivity index (χ4n) is 1.51. The van der Waals surface area contributed by atoms with Crippen LogP contribution in [0.4, 0.5) is 0 Å². The van der Waals surface area contributed by atoms with Gasteiger partial charge in [-0.25, -0.2) is 0 Å². The van der Waals surface area contributed by atoms with Crippen LogP contribution in [0, 0.1) is 5.92 Å². The third kappa shape index (κ3) is 2.99. The van der Waals surface area contributed by atoms with Crippen LogP contribution in [0.15, 0.2) is 0 Å². The minimum atomic E-state index is -0.300. The molecule has 1 aliphatic carbocycles. The Morgan fingerprint density at radius 1 is 1.54 bits per heavy atom. The number of rotatable bonds is 4. The summed E-state index contributed by atoms with van der Waals surface area (Å²) in [5.41, 5.74) is 5.79. The molecule has 1 atom stereocenters. The van der Waals surface area contributed by atoms with Gasteiger partial charge in [-0.15, -0.1) is 0 Å². The van der Waals surface area contributed by atoms with Crippen LogP contribution >= 0.6 is 0 Å². The standard InChI is InChI=1S/C10H20N2O/c1-7(2)6-9(11)10(13)12(3)8-4-5-8/h7-9H,4-6,11H2,1-3H3. The van der Waals surface area contributed by atoms with E-state index in [-0.39, 0.29) is 11.9 Å². The minimum Gasteiger partial charge on any atom is -0.341 e. The Morgan fingerprint density at radius 3 is 2.46 bits per heavy atom. The predicted molar refractivity (Wildman–Crippen MR) is 53.2 cm³/mol. The van der Waals surface area contributed by atoms with Crippen molar-refractivity contribution in [2.24, 2.45) is 11.7 Å². The Kier molecular flexibility index (Phi) is 3.31. The van der Waals surface area contributed by atoms with E-state index < -0.39 is 0 Å². The van der Waals surface area contributed by atoms with Gasteiger partial charge in [0.15, 0.2) is 0 Å². The Bertz CT molecular complexity index is 187. The van der Waals surface area contributed by atoms with Crippen molar-refractivity contribution in [2.45, 2.75) is 45.2 Å². The molecule has 76 valence electrons. The van der Waals surface area contributed by atoms with Gasteiger partial charge in [0.05, 0.1) is 6.04 Å². The van der Waals surface area contributed by atoms with Crippen molar-refractivity contribution in [3.63, 3.8) is 0 Å². The lowest BCUT2D eigenvalue weighted by molar-refractivity contribution is -0.132. The predicted octanol–water partition coefficient (Wildman–Crippen LogP) is 0.981. The fraction of sp³-hybridized carbons (Fsp3) is 0.900. The zero-order valence-electron chi connectivity index (χ0n) is 8.79. The van der Waals surface area contributed by atoms with Crippen LogP contribution in [0.25, 0.3) is 0 Å². The maximum atomic E-state index is 11.7. The highest BCUT2D eigenvalue weighted by atomic mass is 16.2. The van der Waals surface area contributed by atoms with E-state index in [0.29, 0.717) is 12.0 Å². The molecule has 0 aromatic heterocycles. The van der Waals surface area contributed by atoms with Crippen molar-refractivity contribution in [1.82, 2.24) is 4.90 Å². The first-order chi connectivity index (χ1) is 6.02. The SMILES string of the molecule is CC(C)CC(N)C(=O)N(C)C1CC1. The van der Waals surface area contributed by atoms with E-state index in [9.17, 15) is 4.79 Å². The molecule has 1 amide bonds. The number of nitrogens with two attached hydrogens (primary N) is 1. The van der Waals surface area contributed by atoms with Crippen LogP contribution in [-0.2, 0) is 4.79 Å². The quantitative estimate of drug-likeness (QED) is 0.708. The van der Waals surface area contributed by atoms with Gasteiger partial charge in [-0.3, -0.25) is 4.79 Å². The maximum Gasteiger partial charge on any atom is 0.239 e. The van der Waals surface area contributed by atoms with Crippen LogP contribution in [0.2, 0.25) is 0 Å². The minimum absolute atomic E-state index is 0.108. The number of carbonyl (C=O) groups is 1. The Labute approximate surface area is 80.3 Å². The second kappa shape index (κ2) is 4.09. The number of hydrogen-bond donors (Lipinski definition) is 1. The lowest BCUT2D eigenvalue weighted by Crippen LogP contribution is -2.43. The van der Waals surface area contributed by atoms with Gasteiger partial charge in [0.2, 0.25) is 5.91 Å². The van der Waals surface area contributed by atoms with Crippen molar-refractivity contribution >= 4 is 5.91 Å². The van der Waals surface area contributed by atoms with Crippen LogP contribution in [0.5, 0.6) is 0 Å². The Morgan fingerprint density at radius 2 is 2.08 bits per heavy atom. The summed E-state index contributed by atoms with van der Waals surface area (Å²) in [6, 6.07) is 0.177. The molecular weight excluding hydrogens is 164 g/mol. The third-order valence-corrected chi connectivity index (χ3v) is 2.48. The fourth-order valence-corrected chi connectivity index (χ4v) is 1.51. The van der Waals surface area contributed by atoms with Gasteiger partial charge in [-0.05, 0) is 25.2 Å². The van der Waals surface area contributed by atoms with Gasteiger partial charge in [0.25, 0.3) is 0 Å². The lowest BCUT2D eigenvalue weighted by Gasteiger charge is -2.21. The molecule has 1 aliphatic rings. The highest BCUT2D eigenvalue weighted by molar-refractivity contribution is 5.81. The largest absolute Gasteiger partial charge is 0.341 e. The van der Waals surface area contributed by atoms with Gasteiger partial charge < -0.3 is 10.6 Å². The number of amides is 1. The topological polar surface area (TPSA) is 46.3 Å². The molecule has 0 bridgehead atoms. The van der Waals surface area contributed by atoms with Crippen molar-refractivity contribution < 1.29 is 4.79 Å². The lowest BCUT2D eigenvalue weighted by atomic mass is 10.0. The zero-order valence-corrected chi connectivity index (χ0v) is 8.79. The Hall–Kier alpha value is -0.570. The molecule has 0 aromatic carbocycles. The molecule has 0 aromatic rings. The number of nitrogens with zero attached hydrogens (tertiary/aromatic N) is 1. The first-order valence-corrected chi connectivity index (χ1v) is 5.04. The van der Waals surface area contributed by atoms with E-state index in [0.717, 1.165) is 19.3 Å². The van der Waals surface area contributed by atoms with Crippen molar-refractivity contribution in [1.29, 1.82) is 0 Å². The smallest absolute Gasteiger partial charge is 0.239 e. The van der Waals surface area contributed by atoms with Crippen LogP contribution < -0.4 is 5.73 Å². The van der Waals surface area contributed by atoms with Crippen LogP contribution in [0.3, 0.4) is 0 Å². The normalized spacial score (nSPS) is 18.8. The van der Waals surface area contributed by atoms with Gasteiger partial charge in [-0.1, -0.05) is 13.8 Å². The van der Waals surface area contributed by atoms with E-state index in [1.165, 1.54) is 0 Å². The molecule has 0 spiro atoms. The van der Waals surface area contributed by atoms with Crippen molar-refractivity contribution in [3.05, 3.63) is 0 Å². The second-order valence-corrected chi connectivity index (χ2v) is 4.42. The summed E-state index contributed by atoms with van der Waals surface area (Å²) in [5.74, 6) is 0.600. The van der Waals surface area contributed by atoms with E-state index in [1.807, 2.05) is 11.9 Å². The highest BCUT2D eigenvalue weighted by Crippen LogP contribution is 2.26. The van der Waals surface area contributed by atoms with E-state index in [1.54, 1.807) is 0 Å². The average molecular weight is 184 g/mol. The second-order valence-electron chi connectivity index (χ2n) is 4.42. The first kappa shape index (κ1) is 10.5. The summed E-state index contributed by atoms with van der Waals surface area (Å²) in [5, 5.41) is 0. The summed E-state index contributed by atoms with van der Waals surface area (Å²) in [6.45, 7) is 4.18. The molecule has 0 aliphatic heterocycles. The molecule has 3 heteroatoms. The van der Waals surface area contributed by atoms with Crippen LogP contribution in [-0.4, -0.2) is 29.9 Å². The molecule has 1 unspecified atom stereocenters. The third-order valence-electron chi connectivity index (χ3n) is 2.48. The van der Waals surface area contributed by atoms with E-state index in [4.69, 9.17) is 5.73 Å².